The van der Waals surface area contributed by atoms with Gasteiger partial charge in [0.25, 0.3) is 0 Å². The number of benzene rings is 1. The van der Waals surface area contributed by atoms with Crippen LogP contribution in [0.2, 0.25) is 5.02 Å². The van der Waals surface area contributed by atoms with Gasteiger partial charge in [0.15, 0.2) is 0 Å². The molecule has 0 bridgehead atoms. The SMILES string of the molecule is CC(C)(C)C(Cl)CCCc1c(F)cccc1Cl. The summed E-state index contributed by atoms with van der Waals surface area (Å²) in [6.07, 6.45) is 2.37. The molecule has 0 saturated carbocycles. The average Bonchev–Trinajstić information content (AvgIpc) is 2.20. The second-order valence-electron chi connectivity index (χ2n) is 5.43. The van der Waals surface area contributed by atoms with Gasteiger partial charge >= 0.3 is 0 Å². The van der Waals surface area contributed by atoms with Gasteiger partial charge in [-0.1, -0.05) is 38.4 Å². The third-order valence-electron chi connectivity index (χ3n) is 2.89. The summed E-state index contributed by atoms with van der Waals surface area (Å²) in [6.45, 7) is 6.34. The molecule has 1 aromatic carbocycles. The summed E-state index contributed by atoms with van der Waals surface area (Å²) in [7, 11) is 0. The summed E-state index contributed by atoms with van der Waals surface area (Å²) in [4.78, 5) is 0. The molecule has 0 fully saturated rings. The van der Waals surface area contributed by atoms with E-state index >= 15 is 0 Å². The minimum Gasteiger partial charge on any atom is -0.207 e. The van der Waals surface area contributed by atoms with E-state index in [1.165, 1.54) is 6.07 Å². The van der Waals surface area contributed by atoms with Crippen molar-refractivity contribution in [3.05, 3.63) is 34.6 Å². The summed E-state index contributed by atoms with van der Waals surface area (Å²) in [5.74, 6) is -0.223. The number of hydrogen-bond acceptors (Lipinski definition) is 0. The van der Waals surface area contributed by atoms with Crippen molar-refractivity contribution < 1.29 is 4.39 Å². The van der Waals surface area contributed by atoms with Crippen LogP contribution in [0.15, 0.2) is 18.2 Å². The molecule has 0 heterocycles. The van der Waals surface area contributed by atoms with Crippen molar-refractivity contribution in [1.29, 1.82) is 0 Å². The zero-order valence-electron chi connectivity index (χ0n) is 10.6. The van der Waals surface area contributed by atoms with E-state index in [0.717, 1.165) is 12.8 Å². The third-order valence-corrected chi connectivity index (χ3v) is 4.11. The van der Waals surface area contributed by atoms with Gasteiger partial charge in [0.05, 0.1) is 0 Å². The van der Waals surface area contributed by atoms with Crippen molar-refractivity contribution in [3.8, 4) is 0 Å². The van der Waals surface area contributed by atoms with E-state index in [1.54, 1.807) is 12.1 Å². The lowest BCUT2D eigenvalue weighted by Crippen LogP contribution is -2.20. The highest BCUT2D eigenvalue weighted by atomic mass is 35.5. The highest BCUT2D eigenvalue weighted by molar-refractivity contribution is 6.31. The quantitative estimate of drug-likeness (QED) is 0.641. The molecular formula is C14H19Cl2F. The van der Waals surface area contributed by atoms with Gasteiger partial charge in [0, 0.05) is 16.0 Å². The Labute approximate surface area is 113 Å². The molecule has 1 rings (SSSR count). The van der Waals surface area contributed by atoms with Gasteiger partial charge in [0.2, 0.25) is 0 Å². The molecule has 0 N–H and O–H groups in total. The Morgan fingerprint density at radius 2 is 1.94 bits per heavy atom. The predicted octanol–water partition coefficient (Wildman–Crippen LogP) is 5.46. The van der Waals surface area contributed by atoms with E-state index < -0.39 is 0 Å². The standard InChI is InChI=1S/C14H19Cl2F/c1-14(2,3)13(16)9-4-6-10-11(15)7-5-8-12(10)17/h5,7-8,13H,4,6,9H2,1-3H3. The molecule has 0 aliphatic carbocycles. The zero-order chi connectivity index (χ0) is 13.1. The van der Waals surface area contributed by atoms with Gasteiger partial charge in [-0.2, -0.15) is 0 Å². The summed E-state index contributed by atoms with van der Waals surface area (Å²) in [5, 5.41) is 0.611. The van der Waals surface area contributed by atoms with Crippen molar-refractivity contribution in [3.63, 3.8) is 0 Å². The van der Waals surface area contributed by atoms with Crippen LogP contribution in [0.25, 0.3) is 0 Å². The van der Waals surface area contributed by atoms with Gasteiger partial charge < -0.3 is 0 Å². The molecule has 1 atom stereocenters. The lowest BCUT2D eigenvalue weighted by molar-refractivity contribution is 0.368. The Morgan fingerprint density at radius 1 is 1.29 bits per heavy atom. The van der Waals surface area contributed by atoms with Crippen LogP contribution in [-0.4, -0.2) is 5.38 Å². The average molecular weight is 277 g/mol. The van der Waals surface area contributed by atoms with Crippen LogP contribution in [0.1, 0.15) is 39.2 Å². The van der Waals surface area contributed by atoms with E-state index in [9.17, 15) is 4.39 Å². The van der Waals surface area contributed by atoms with Crippen LogP contribution in [0.5, 0.6) is 0 Å². The highest BCUT2D eigenvalue weighted by Crippen LogP contribution is 2.29. The normalized spacial score (nSPS) is 13.8. The molecule has 0 nitrogen and oxygen atoms in total. The molecule has 0 radical (unpaired) electrons. The first-order chi connectivity index (χ1) is 7.82. The van der Waals surface area contributed by atoms with E-state index in [-0.39, 0.29) is 16.6 Å². The lowest BCUT2D eigenvalue weighted by Gasteiger charge is -2.25. The molecule has 0 spiro atoms. The second-order valence-corrected chi connectivity index (χ2v) is 6.36. The van der Waals surface area contributed by atoms with Crippen molar-refractivity contribution >= 4 is 23.2 Å². The Bertz CT molecular complexity index is 349. The fourth-order valence-electron chi connectivity index (χ4n) is 1.66. The Kier molecular flexibility index (Phi) is 5.27. The Morgan fingerprint density at radius 3 is 2.47 bits per heavy atom. The fraction of sp³-hybridized carbons (Fsp3) is 0.571. The van der Waals surface area contributed by atoms with E-state index in [1.807, 2.05) is 0 Å². The number of hydrogen-bond donors (Lipinski definition) is 0. The maximum absolute atomic E-state index is 13.5. The summed E-state index contributed by atoms with van der Waals surface area (Å²) in [5.41, 5.74) is 0.688. The fourth-order valence-corrected chi connectivity index (χ4v) is 2.07. The molecule has 0 aliphatic heterocycles. The summed E-state index contributed by atoms with van der Waals surface area (Å²) in [6, 6.07) is 4.80. The molecule has 96 valence electrons. The topological polar surface area (TPSA) is 0 Å². The van der Waals surface area contributed by atoms with Gasteiger partial charge in [-0.15, -0.1) is 11.6 Å². The zero-order valence-corrected chi connectivity index (χ0v) is 12.1. The second kappa shape index (κ2) is 6.06. The Hall–Kier alpha value is -0.270. The first kappa shape index (κ1) is 14.8. The molecule has 1 unspecified atom stereocenters. The molecule has 0 aliphatic rings. The van der Waals surface area contributed by atoms with Crippen LogP contribution in [0.3, 0.4) is 0 Å². The first-order valence-electron chi connectivity index (χ1n) is 5.89. The molecule has 0 aromatic heterocycles. The minimum atomic E-state index is -0.223. The van der Waals surface area contributed by atoms with Crippen LogP contribution in [0, 0.1) is 11.2 Å². The number of rotatable bonds is 4. The maximum atomic E-state index is 13.5. The molecule has 17 heavy (non-hydrogen) atoms. The first-order valence-corrected chi connectivity index (χ1v) is 6.71. The Balaban J connectivity index is 2.52. The largest absolute Gasteiger partial charge is 0.207 e. The minimum absolute atomic E-state index is 0.0839. The predicted molar refractivity (Wildman–Crippen MR) is 73.4 cm³/mol. The van der Waals surface area contributed by atoms with Crippen molar-refractivity contribution in [2.24, 2.45) is 5.41 Å². The number of alkyl halides is 1. The van der Waals surface area contributed by atoms with Crippen LogP contribution in [-0.2, 0) is 6.42 Å². The summed E-state index contributed by atoms with van der Waals surface area (Å²) >= 11 is 12.2. The molecule has 0 saturated heterocycles. The van der Waals surface area contributed by atoms with Gasteiger partial charge in [-0.25, -0.2) is 4.39 Å². The van der Waals surface area contributed by atoms with Gasteiger partial charge in [-0.05, 0) is 36.8 Å². The highest BCUT2D eigenvalue weighted by Gasteiger charge is 2.21. The molecule has 1 aromatic rings. The van der Waals surface area contributed by atoms with Crippen molar-refractivity contribution in [1.82, 2.24) is 0 Å². The maximum Gasteiger partial charge on any atom is 0.127 e. The van der Waals surface area contributed by atoms with E-state index in [0.29, 0.717) is 17.0 Å². The van der Waals surface area contributed by atoms with Crippen LogP contribution >= 0.6 is 23.2 Å². The molecule has 3 heteroatoms. The smallest absolute Gasteiger partial charge is 0.127 e. The summed E-state index contributed by atoms with van der Waals surface area (Å²) < 4.78 is 13.5. The monoisotopic (exact) mass is 276 g/mol. The van der Waals surface area contributed by atoms with Crippen molar-refractivity contribution in [2.75, 3.05) is 0 Å². The van der Waals surface area contributed by atoms with Crippen LogP contribution in [0.4, 0.5) is 4.39 Å². The van der Waals surface area contributed by atoms with Crippen molar-refractivity contribution in [2.45, 2.75) is 45.4 Å². The lowest BCUT2D eigenvalue weighted by atomic mass is 9.88. The third kappa shape index (κ3) is 4.48. The molecular weight excluding hydrogens is 258 g/mol. The molecule has 0 amide bonds. The van der Waals surface area contributed by atoms with E-state index in [2.05, 4.69) is 20.8 Å². The number of halogens is 3. The van der Waals surface area contributed by atoms with Gasteiger partial charge in [0.1, 0.15) is 5.82 Å². The van der Waals surface area contributed by atoms with Gasteiger partial charge in [-0.3, -0.25) is 0 Å². The van der Waals surface area contributed by atoms with E-state index in [4.69, 9.17) is 23.2 Å². The van der Waals surface area contributed by atoms with Crippen LogP contribution < -0.4 is 0 Å².